The van der Waals surface area contributed by atoms with Crippen LogP contribution in [0, 0.1) is 13.8 Å². The summed E-state index contributed by atoms with van der Waals surface area (Å²) in [5.41, 5.74) is 3.43. The van der Waals surface area contributed by atoms with E-state index in [1.54, 1.807) is 55.7 Å². The first-order chi connectivity index (χ1) is 16.1. The molecular formula is C25H28N4O4S. The molecule has 1 heterocycles. The molecule has 0 aliphatic heterocycles. The molecule has 9 heteroatoms. The first-order valence-electron chi connectivity index (χ1n) is 10.7. The van der Waals surface area contributed by atoms with E-state index in [-0.39, 0.29) is 23.7 Å². The summed E-state index contributed by atoms with van der Waals surface area (Å²) in [7, 11) is -3.77. The third-order valence-corrected chi connectivity index (χ3v) is 6.52. The lowest BCUT2D eigenvalue weighted by Crippen LogP contribution is -2.46. The molecule has 1 atom stereocenters. The number of aromatic nitrogens is 1. The van der Waals surface area contributed by atoms with Crippen LogP contribution in [0.3, 0.4) is 0 Å². The van der Waals surface area contributed by atoms with Crippen molar-refractivity contribution in [3.8, 4) is 0 Å². The third-order valence-electron chi connectivity index (χ3n) is 5.30. The number of hydrogen-bond donors (Lipinski definition) is 2. The zero-order valence-electron chi connectivity index (χ0n) is 19.6. The monoisotopic (exact) mass is 480 g/mol. The van der Waals surface area contributed by atoms with E-state index >= 15 is 0 Å². The molecule has 34 heavy (non-hydrogen) atoms. The molecule has 1 unspecified atom stereocenters. The summed E-state index contributed by atoms with van der Waals surface area (Å²) >= 11 is 0. The van der Waals surface area contributed by atoms with Gasteiger partial charge in [0.25, 0.3) is 5.91 Å². The molecule has 2 amide bonds. The number of amides is 2. The highest BCUT2D eigenvalue weighted by atomic mass is 32.2. The largest absolute Gasteiger partial charge is 0.348 e. The Hall–Kier alpha value is -3.72. The van der Waals surface area contributed by atoms with Gasteiger partial charge in [-0.25, -0.2) is 8.42 Å². The maximum atomic E-state index is 13.2. The highest BCUT2D eigenvalue weighted by molar-refractivity contribution is 7.92. The van der Waals surface area contributed by atoms with Crippen LogP contribution in [0.5, 0.6) is 0 Å². The van der Waals surface area contributed by atoms with Gasteiger partial charge in [-0.1, -0.05) is 30.3 Å². The van der Waals surface area contributed by atoms with E-state index in [2.05, 4.69) is 15.6 Å². The summed E-state index contributed by atoms with van der Waals surface area (Å²) < 4.78 is 26.4. The normalized spacial score (nSPS) is 12.0. The molecule has 0 spiro atoms. The Kier molecular flexibility index (Phi) is 7.68. The number of nitrogens with one attached hydrogen (secondary N) is 2. The number of aryl methyl sites for hydroxylation is 2. The summed E-state index contributed by atoms with van der Waals surface area (Å²) in [4.78, 5) is 30.0. The van der Waals surface area contributed by atoms with Crippen molar-refractivity contribution in [2.24, 2.45) is 0 Å². The molecule has 0 fully saturated rings. The van der Waals surface area contributed by atoms with E-state index in [0.717, 1.165) is 27.3 Å². The lowest BCUT2D eigenvalue weighted by Gasteiger charge is -2.30. The summed E-state index contributed by atoms with van der Waals surface area (Å²) in [5.74, 6) is -0.930. The molecule has 3 aromatic rings. The fourth-order valence-electron chi connectivity index (χ4n) is 3.55. The minimum absolute atomic E-state index is 0.268. The topological polar surface area (TPSA) is 108 Å². The van der Waals surface area contributed by atoms with Crippen molar-refractivity contribution in [3.05, 3.63) is 89.2 Å². The molecule has 2 N–H and O–H groups in total. The quantitative estimate of drug-likeness (QED) is 0.514. The van der Waals surface area contributed by atoms with Gasteiger partial charge in [0.1, 0.15) is 6.04 Å². The molecule has 0 bridgehead atoms. The van der Waals surface area contributed by atoms with E-state index in [9.17, 15) is 18.0 Å². The van der Waals surface area contributed by atoms with E-state index in [1.165, 1.54) is 6.92 Å². The van der Waals surface area contributed by atoms with E-state index in [0.29, 0.717) is 5.69 Å². The van der Waals surface area contributed by atoms with Gasteiger partial charge in [-0.2, -0.15) is 0 Å². The number of para-hydroxylation sites is 1. The van der Waals surface area contributed by atoms with Gasteiger partial charge in [0.2, 0.25) is 15.9 Å². The number of benzene rings is 2. The SMILES string of the molecule is Cc1ccc(C)c(N(C(C)C(=O)Nc2ccccc2C(=O)NCc2cccnc2)S(C)(=O)=O)c1. The summed E-state index contributed by atoms with van der Waals surface area (Å²) in [5, 5.41) is 5.54. The van der Waals surface area contributed by atoms with Crippen molar-refractivity contribution in [2.75, 3.05) is 15.9 Å². The van der Waals surface area contributed by atoms with Crippen LogP contribution in [0.4, 0.5) is 11.4 Å². The van der Waals surface area contributed by atoms with Gasteiger partial charge in [0, 0.05) is 18.9 Å². The highest BCUT2D eigenvalue weighted by Gasteiger charge is 2.30. The zero-order valence-corrected chi connectivity index (χ0v) is 20.4. The van der Waals surface area contributed by atoms with Crippen LogP contribution in [0.1, 0.15) is 34.0 Å². The Labute approximate surface area is 200 Å². The Morgan fingerprint density at radius 3 is 2.47 bits per heavy atom. The molecule has 0 radical (unpaired) electrons. The second kappa shape index (κ2) is 10.5. The van der Waals surface area contributed by atoms with Gasteiger partial charge in [0.05, 0.1) is 23.2 Å². The van der Waals surface area contributed by atoms with Crippen molar-refractivity contribution < 1.29 is 18.0 Å². The molecule has 0 aliphatic carbocycles. The lowest BCUT2D eigenvalue weighted by molar-refractivity contribution is -0.116. The smallest absolute Gasteiger partial charge is 0.253 e. The predicted molar refractivity (Wildman–Crippen MR) is 133 cm³/mol. The number of rotatable bonds is 8. The Bertz CT molecular complexity index is 1290. The summed E-state index contributed by atoms with van der Waals surface area (Å²) in [6.07, 6.45) is 4.37. The maximum Gasteiger partial charge on any atom is 0.253 e. The minimum Gasteiger partial charge on any atom is -0.348 e. The van der Waals surface area contributed by atoms with Gasteiger partial charge in [-0.05, 0) is 61.7 Å². The van der Waals surface area contributed by atoms with Gasteiger partial charge in [-0.3, -0.25) is 18.9 Å². The standard InChI is InChI=1S/C25H28N4O4S/c1-17-11-12-18(2)23(14-17)29(34(4,32)33)19(3)24(30)28-22-10-6-5-9-21(22)25(31)27-16-20-8-7-13-26-15-20/h5-15,19H,16H2,1-4H3,(H,27,31)(H,28,30). The molecule has 0 aliphatic rings. The Balaban J connectivity index is 1.83. The number of sulfonamides is 1. The van der Waals surface area contributed by atoms with Gasteiger partial charge >= 0.3 is 0 Å². The van der Waals surface area contributed by atoms with Crippen LogP contribution in [0.2, 0.25) is 0 Å². The summed E-state index contributed by atoms with van der Waals surface area (Å²) in [6, 6.07) is 14.6. The van der Waals surface area contributed by atoms with Crippen molar-refractivity contribution in [3.63, 3.8) is 0 Å². The molecular weight excluding hydrogens is 452 g/mol. The van der Waals surface area contributed by atoms with E-state index < -0.39 is 22.0 Å². The third kappa shape index (κ3) is 5.99. The average Bonchev–Trinajstić information content (AvgIpc) is 2.80. The molecule has 8 nitrogen and oxygen atoms in total. The minimum atomic E-state index is -3.77. The molecule has 178 valence electrons. The highest BCUT2D eigenvalue weighted by Crippen LogP contribution is 2.27. The van der Waals surface area contributed by atoms with Crippen LogP contribution in [0.15, 0.2) is 67.0 Å². The van der Waals surface area contributed by atoms with Crippen LogP contribution >= 0.6 is 0 Å². The van der Waals surface area contributed by atoms with Crippen molar-refractivity contribution >= 4 is 33.2 Å². The van der Waals surface area contributed by atoms with Gasteiger partial charge in [0.15, 0.2) is 0 Å². The molecule has 1 aromatic heterocycles. The fraction of sp³-hybridized carbons (Fsp3) is 0.240. The Morgan fingerprint density at radius 2 is 1.79 bits per heavy atom. The van der Waals surface area contributed by atoms with Gasteiger partial charge < -0.3 is 10.6 Å². The molecule has 0 saturated carbocycles. The number of hydrogen-bond acceptors (Lipinski definition) is 5. The van der Waals surface area contributed by atoms with Crippen molar-refractivity contribution in [1.29, 1.82) is 0 Å². The number of carbonyl (C=O) groups is 2. The lowest BCUT2D eigenvalue weighted by atomic mass is 10.1. The average molecular weight is 481 g/mol. The summed E-state index contributed by atoms with van der Waals surface area (Å²) in [6.45, 7) is 5.44. The van der Waals surface area contributed by atoms with E-state index in [4.69, 9.17) is 0 Å². The predicted octanol–water partition coefficient (Wildman–Crippen LogP) is 3.42. The van der Waals surface area contributed by atoms with Crippen LogP contribution in [-0.4, -0.2) is 37.5 Å². The van der Waals surface area contributed by atoms with Gasteiger partial charge in [-0.15, -0.1) is 0 Å². The number of pyridine rings is 1. The second-order valence-corrected chi connectivity index (χ2v) is 9.96. The van der Waals surface area contributed by atoms with Crippen LogP contribution < -0.4 is 14.9 Å². The van der Waals surface area contributed by atoms with Crippen LogP contribution in [0.25, 0.3) is 0 Å². The van der Waals surface area contributed by atoms with Crippen molar-refractivity contribution in [2.45, 2.75) is 33.4 Å². The first kappa shape index (κ1) is 24.9. The molecule has 2 aromatic carbocycles. The number of anilines is 2. The molecule has 0 saturated heterocycles. The van der Waals surface area contributed by atoms with Crippen LogP contribution in [-0.2, 0) is 21.4 Å². The first-order valence-corrected chi connectivity index (χ1v) is 12.6. The Morgan fingerprint density at radius 1 is 1.06 bits per heavy atom. The maximum absolute atomic E-state index is 13.2. The van der Waals surface area contributed by atoms with Crippen molar-refractivity contribution in [1.82, 2.24) is 10.3 Å². The fourth-order valence-corrected chi connectivity index (χ4v) is 4.77. The number of nitrogens with zero attached hydrogens (tertiary/aromatic N) is 2. The number of carbonyl (C=O) groups excluding carboxylic acids is 2. The zero-order chi connectivity index (χ0) is 24.9. The second-order valence-electron chi connectivity index (χ2n) is 8.10. The van der Waals surface area contributed by atoms with E-state index in [1.807, 2.05) is 25.1 Å². The molecule has 3 rings (SSSR count).